The van der Waals surface area contributed by atoms with E-state index < -0.39 is 10.0 Å². The summed E-state index contributed by atoms with van der Waals surface area (Å²) in [7, 11) is -3.61. The lowest BCUT2D eigenvalue weighted by Gasteiger charge is -2.20. The fourth-order valence-corrected chi connectivity index (χ4v) is 6.66. The van der Waals surface area contributed by atoms with Gasteiger partial charge in [0.1, 0.15) is 10.7 Å². The second-order valence-corrected chi connectivity index (χ2v) is 9.57. The standard InChI is InChI=1S/C18H24FN3O2S2/c1-4-22-14(3)18(13(2)20-22)26(23,24)21-10-9-17(25-12-11-21)15-7-5-6-8-16(15)19/h5-8,17H,4,9-12H2,1-3H3/t17-/m1/s1. The van der Waals surface area contributed by atoms with E-state index in [2.05, 4.69) is 5.10 Å². The van der Waals surface area contributed by atoms with Crippen LogP contribution in [-0.4, -0.2) is 41.3 Å². The number of aromatic nitrogens is 2. The molecule has 1 fully saturated rings. The monoisotopic (exact) mass is 397 g/mol. The second-order valence-electron chi connectivity index (χ2n) is 6.39. The first kappa shape index (κ1) is 19.4. The Bertz CT molecular complexity index is 896. The quantitative estimate of drug-likeness (QED) is 0.792. The van der Waals surface area contributed by atoms with Crippen LogP contribution in [0.25, 0.3) is 0 Å². The zero-order chi connectivity index (χ0) is 18.9. The van der Waals surface area contributed by atoms with Crippen LogP contribution in [0.1, 0.15) is 35.5 Å². The number of benzene rings is 1. The Kier molecular flexibility index (Phi) is 5.74. The third-order valence-corrected chi connectivity index (χ3v) is 8.23. The van der Waals surface area contributed by atoms with Gasteiger partial charge in [-0.1, -0.05) is 18.2 Å². The molecule has 1 saturated heterocycles. The zero-order valence-corrected chi connectivity index (χ0v) is 16.9. The predicted molar refractivity (Wildman–Crippen MR) is 102 cm³/mol. The Morgan fingerprint density at radius 1 is 1.27 bits per heavy atom. The fraction of sp³-hybridized carbons (Fsp3) is 0.500. The number of thioether (sulfide) groups is 1. The maximum absolute atomic E-state index is 14.1. The number of sulfonamides is 1. The van der Waals surface area contributed by atoms with Gasteiger partial charge in [0.15, 0.2) is 0 Å². The van der Waals surface area contributed by atoms with Crippen molar-refractivity contribution < 1.29 is 12.8 Å². The molecule has 0 aliphatic carbocycles. The molecule has 26 heavy (non-hydrogen) atoms. The van der Waals surface area contributed by atoms with E-state index in [-0.39, 0.29) is 11.1 Å². The van der Waals surface area contributed by atoms with Crippen molar-refractivity contribution in [2.45, 2.75) is 43.9 Å². The largest absolute Gasteiger partial charge is 0.268 e. The summed E-state index contributed by atoms with van der Waals surface area (Å²) in [4.78, 5) is 0.314. The predicted octanol–water partition coefficient (Wildman–Crippen LogP) is 3.53. The van der Waals surface area contributed by atoms with Gasteiger partial charge in [-0.15, -0.1) is 0 Å². The average Bonchev–Trinajstić information content (AvgIpc) is 2.77. The maximum Gasteiger partial charge on any atom is 0.246 e. The van der Waals surface area contributed by atoms with Gasteiger partial charge in [0, 0.05) is 36.2 Å². The van der Waals surface area contributed by atoms with Crippen LogP contribution in [0.3, 0.4) is 0 Å². The maximum atomic E-state index is 14.1. The highest BCUT2D eigenvalue weighted by molar-refractivity contribution is 7.99. The van der Waals surface area contributed by atoms with E-state index in [0.29, 0.717) is 53.7 Å². The Morgan fingerprint density at radius 3 is 2.65 bits per heavy atom. The van der Waals surface area contributed by atoms with Gasteiger partial charge in [-0.25, -0.2) is 12.8 Å². The summed E-state index contributed by atoms with van der Waals surface area (Å²) in [6.07, 6.45) is 0.588. The van der Waals surface area contributed by atoms with Crippen molar-refractivity contribution in [3.8, 4) is 0 Å². The van der Waals surface area contributed by atoms with Crippen molar-refractivity contribution in [1.82, 2.24) is 14.1 Å². The minimum Gasteiger partial charge on any atom is -0.268 e. The molecule has 142 valence electrons. The fourth-order valence-electron chi connectivity index (χ4n) is 3.47. The smallest absolute Gasteiger partial charge is 0.246 e. The Balaban J connectivity index is 1.85. The van der Waals surface area contributed by atoms with E-state index in [1.54, 1.807) is 42.4 Å². The summed E-state index contributed by atoms with van der Waals surface area (Å²) >= 11 is 1.62. The third-order valence-electron chi connectivity index (χ3n) is 4.77. The molecule has 0 saturated carbocycles. The van der Waals surface area contributed by atoms with Gasteiger partial charge in [0.25, 0.3) is 0 Å². The topological polar surface area (TPSA) is 55.2 Å². The second kappa shape index (κ2) is 7.70. The molecule has 0 radical (unpaired) electrons. The van der Waals surface area contributed by atoms with Crippen LogP contribution in [0.15, 0.2) is 29.2 Å². The molecular weight excluding hydrogens is 373 g/mol. The minimum atomic E-state index is -3.61. The molecule has 3 rings (SSSR count). The molecule has 1 aliphatic rings. The lowest BCUT2D eigenvalue weighted by Crippen LogP contribution is -2.33. The Labute approximate surface area is 158 Å². The number of hydrogen-bond acceptors (Lipinski definition) is 4. The molecule has 8 heteroatoms. The van der Waals surface area contributed by atoms with Gasteiger partial charge < -0.3 is 0 Å². The van der Waals surface area contributed by atoms with Crippen molar-refractivity contribution in [2.24, 2.45) is 0 Å². The minimum absolute atomic E-state index is 0.0306. The van der Waals surface area contributed by atoms with Crippen molar-refractivity contribution in [3.05, 3.63) is 47.0 Å². The molecule has 0 N–H and O–H groups in total. The lowest BCUT2D eigenvalue weighted by atomic mass is 10.1. The van der Waals surface area contributed by atoms with Crippen LogP contribution in [0.4, 0.5) is 4.39 Å². The third kappa shape index (κ3) is 3.54. The lowest BCUT2D eigenvalue weighted by molar-refractivity contribution is 0.426. The zero-order valence-electron chi connectivity index (χ0n) is 15.3. The molecule has 2 heterocycles. The first-order valence-corrected chi connectivity index (χ1v) is 11.2. The molecule has 1 aliphatic heterocycles. The summed E-state index contributed by atoms with van der Waals surface area (Å²) in [5.41, 5.74) is 1.86. The SMILES string of the molecule is CCn1nc(C)c(S(=O)(=O)N2CCS[C@@H](c3ccccc3F)CC2)c1C. The first-order chi connectivity index (χ1) is 12.4. The van der Waals surface area contributed by atoms with E-state index >= 15 is 0 Å². The molecule has 1 aromatic carbocycles. The number of aryl methyl sites for hydroxylation is 2. The number of halogens is 1. The van der Waals surface area contributed by atoms with E-state index in [1.165, 1.54) is 10.4 Å². The molecule has 1 atom stereocenters. The number of rotatable bonds is 4. The highest BCUT2D eigenvalue weighted by Gasteiger charge is 2.33. The first-order valence-electron chi connectivity index (χ1n) is 8.76. The molecule has 0 amide bonds. The Morgan fingerprint density at radius 2 is 2.00 bits per heavy atom. The molecule has 5 nitrogen and oxygen atoms in total. The van der Waals surface area contributed by atoms with E-state index in [4.69, 9.17) is 0 Å². The van der Waals surface area contributed by atoms with E-state index in [9.17, 15) is 12.8 Å². The van der Waals surface area contributed by atoms with Gasteiger partial charge in [-0.3, -0.25) is 4.68 Å². The van der Waals surface area contributed by atoms with Crippen molar-refractivity contribution in [2.75, 3.05) is 18.8 Å². The molecule has 1 aromatic heterocycles. The van der Waals surface area contributed by atoms with Gasteiger partial charge in [0.05, 0.1) is 11.4 Å². The van der Waals surface area contributed by atoms with Gasteiger partial charge in [-0.2, -0.15) is 21.2 Å². The van der Waals surface area contributed by atoms with Crippen LogP contribution in [0.5, 0.6) is 0 Å². The molecule has 0 unspecified atom stereocenters. The van der Waals surface area contributed by atoms with E-state index in [0.717, 1.165) is 0 Å². The summed E-state index contributed by atoms with van der Waals surface area (Å²) in [6, 6.07) is 6.75. The summed E-state index contributed by atoms with van der Waals surface area (Å²) in [5.74, 6) is 0.412. The van der Waals surface area contributed by atoms with Crippen LogP contribution < -0.4 is 0 Å². The Hall–Kier alpha value is -1.38. The molecule has 2 aromatic rings. The van der Waals surface area contributed by atoms with Gasteiger partial charge in [-0.05, 0) is 33.3 Å². The normalized spacial score (nSPS) is 19.5. The van der Waals surface area contributed by atoms with E-state index in [1.807, 2.05) is 13.0 Å². The highest BCUT2D eigenvalue weighted by Crippen LogP contribution is 2.37. The van der Waals surface area contributed by atoms with Gasteiger partial charge in [0.2, 0.25) is 10.0 Å². The summed E-state index contributed by atoms with van der Waals surface area (Å²) in [5, 5.41) is 4.31. The average molecular weight is 398 g/mol. The van der Waals surface area contributed by atoms with Crippen LogP contribution in [0, 0.1) is 19.7 Å². The van der Waals surface area contributed by atoms with Crippen LogP contribution in [-0.2, 0) is 16.6 Å². The van der Waals surface area contributed by atoms with Crippen molar-refractivity contribution in [1.29, 1.82) is 0 Å². The number of nitrogens with zero attached hydrogens (tertiary/aromatic N) is 3. The highest BCUT2D eigenvalue weighted by atomic mass is 32.2. The molecular formula is C18H24FN3O2S2. The summed E-state index contributed by atoms with van der Waals surface area (Å²) < 4.78 is 43.8. The van der Waals surface area contributed by atoms with Crippen LogP contribution >= 0.6 is 11.8 Å². The molecule has 0 spiro atoms. The summed E-state index contributed by atoms with van der Waals surface area (Å²) in [6.45, 7) is 6.91. The number of hydrogen-bond donors (Lipinski definition) is 0. The molecule has 0 bridgehead atoms. The van der Waals surface area contributed by atoms with Crippen LogP contribution in [0.2, 0.25) is 0 Å². The van der Waals surface area contributed by atoms with Gasteiger partial charge >= 0.3 is 0 Å². The van der Waals surface area contributed by atoms with Crippen molar-refractivity contribution >= 4 is 21.8 Å². The van der Waals surface area contributed by atoms with Crippen molar-refractivity contribution in [3.63, 3.8) is 0 Å².